The van der Waals surface area contributed by atoms with E-state index < -0.39 is 11.9 Å². The van der Waals surface area contributed by atoms with Gasteiger partial charge in [-0.1, -0.05) is 6.58 Å². The molecule has 0 radical (unpaired) electrons. The highest BCUT2D eigenvalue weighted by Crippen LogP contribution is 1.90. The van der Waals surface area contributed by atoms with E-state index in [0.717, 1.165) is 12.2 Å². The maximum atomic E-state index is 10.0. The molecular formula is C6H7NO3. The van der Waals surface area contributed by atoms with Crippen LogP contribution in [-0.4, -0.2) is 17.0 Å². The molecule has 0 heterocycles. The molecule has 1 amide bonds. The number of hydrogen-bond donors (Lipinski definition) is 2. The molecule has 54 valence electrons. The molecule has 4 nitrogen and oxygen atoms in total. The molecule has 0 aliphatic heterocycles. The minimum Gasteiger partial charge on any atom is -0.478 e. The smallest absolute Gasteiger partial charge is 0.335 e. The third-order valence-corrected chi connectivity index (χ3v) is 0.723. The molecule has 0 aromatic heterocycles. The lowest BCUT2D eigenvalue weighted by Gasteiger charge is -1.86. The Labute approximate surface area is 57.6 Å². The first-order valence-corrected chi connectivity index (χ1v) is 2.43. The van der Waals surface area contributed by atoms with Gasteiger partial charge < -0.3 is 10.8 Å². The summed E-state index contributed by atoms with van der Waals surface area (Å²) in [4.78, 5) is 20.0. The fourth-order valence-electron chi connectivity index (χ4n) is 0.254. The summed E-state index contributed by atoms with van der Waals surface area (Å²) in [6.45, 7) is 3.13. The monoisotopic (exact) mass is 141 g/mol. The molecule has 0 aliphatic carbocycles. The van der Waals surface area contributed by atoms with E-state index in [0.29, 0.717) is 0 Å². The maximum absolute atomic E-state index is 10.0. The van der Waals surface area contributed by atoms with Crippen LogP contribution in [0.15, 0.2) is 24.3 Å². The van der Waals surface area contributed by atoms with Crippen molar-refractivity contribution < 1.29 is 14.7 Å². The van der Waals surface area contributed by atoms with E-state index in [-0.39, 0.29) is 5.57 Å². The highest BCUT2D eigenvalue weighted by Gasteiger charge is 1.97. The minimum absolute atomic E-state index is 0.168. The Morgan fingerprint density at radius 2 is 1.90 bits per heavy atom. The van der Waals surface area contributed by atoms with Crippen LogP contribution < -0.4 is 5.73 Å². The molecular weight excluding hydrogens is 134 g/mol. The van der Waals surface area contributed by atoms with E-state index in [9.17, 15) is 9.59 Å². The number of carboxylic acid groups (broad SMARTS) is 1. The average molecular weight is 141 g/mol. The highest BCUT2D eigenvalue weighted by atomic mass is 16.4. The first-order chi connectivity index (χ1) is 4.54. The lowest BCUT2D eigenvalue weighted by molar-refractivity contribution is -0.132. The number of nitrogens with two attached hydrogens (primary N) is 1. The van der Waals surface area contributed by atoms with E-state index in [2.05, 4.69) is 12.3 Å². The lowest BCUT2D eigenvalue weighted by atomic mass is 10.3. The molecule has 0 atom stereocenters. The van der Waals surface area contributed by atoms with Crippen LogP contribution in [0.2, 0.25) is 0 Å². The fraction of sp³-hybridized carbons (Fsp3) is 0. The van der Waals surface area contributed by atoms with Crippen molar-refractivity contribution in [1.82, 2.24) is 0 Å². The number of hydrogen-bond acceptors (Lipinski definition) is 2. The van der Waals surface area contributed by atoms with Gasteiger partial charge in [0.15, 0.2) is 0 Å². The van der Waals surface area contributed by atoms with E-state index in [1.807, 2.05) is 0 Å². The zero-order chi connectivity index (χ0) is 8.15. The van der Waals surface area contributed by atoms with Crippen LogP contribution in [0.3, 0.4) is 0 Å². The van der Waals surface area contributed by atoms with Gasteiger partial charge in [0, 0.05) is 6.08 Å². The minimum atomic E-state index is -1.17. The molecule has 10 heavy (non-hydrogen) atoms. The van der Waals surface area contributed by atoms with Crippen LogP contribution in [0, 0.1) is 0 Å². The standard InChI is InChI=1S/C6H7NO3/c1-4(6(9)10)2-3-5(7)8/h2-3H,1H2,(H2,7,8)(H,9,10). The van der Waals surface area contributed by atoms with Gasteiger partial charge in [0.25, 0.3) is 0 Å². The summed E-state index contributed by atoms with van der Waals surface area (Å²) in [5.41, 5.74) is 4.51. The van der Waals surface area contributed by atoms with E-state index in [4.69, 9.17) is 5.11 Å². The SMILES string of the molecule is C=C(C=CC(N)=O)C(=O)O. The summed E-state index contributed by atoms with van der Waals surface area (Å²) in [5.74, 6) is -1.86. The molecule has 0 spiro atoms. The van der Waals surface area contributed by atoms with E-state index in [1.54, 1.807) is 0 Å². The Morgan fingerprint density at radius 3 is 2.20 bits per heavy atom. The topological polar surface area (TPSA) is 80.4 Å². The fourth-order valence-corrected chi connectivity index (χ4v) is 0.254. The Hall–Kier alpha value is -1.58. The second-order valence-corrected chi connectivity index (χ2v) is 1.57. The van der Waals surface area contributed by atoms with Gasteiger partial charge in [0.05, 0.1) is 5.57 Å². The first-order valence-electron chi connectivity index (χ1n) is 2.43. The second-order valence-electron chi connectivity index (χ2n) is 1.57. The van der Waals surface area contributed by atoms with Gasteiger partial charge in [-0.3, -0.25) is 4.79 Å². The van der Waals surface area contributed by atoms with Gasteiger partial charge in [-0.15, -0.1) is 0 Å². The van der Waals surface area contributed by atoms with Gasteiger partial charge in [0.1, 0.15) is 0 Å². The van der Waals surface area contributed by atoms with Crippen LogP contribution in [0.5, 0.6) is 0 Å². The largest absolute Gasteiger partial charge is 0.478 e. The summed E-state index contributed by atoms with van der Waals surface area (Å²) < 4.78 is 0. The van der Waals surface area contributed by atoms with Crippen LogP contribution in [-0.2, 0) is 9.59 Å². The molecule has 4 heteroatoms. The predicted molar refractivity (Wildman–Crippen MR) is 35.1 cm³/mol. The van der Waals surface area contributed by atoms with Crippen molar-refractivity contribution in [1.29, 1.82) is 0 Å². The van der Waals surface area contributed by atoms with Crippen molar-refractivity contribution in [3.05, 3.63) is 24.3 Å². The second kappa shape index (κ2) is 3.45. The van der Waals surface area contributed by atoms with Crippen LogP contribution in [0.25, 0.3) is 0 Å². The Kier molecular flexibility index (Phi) is 2.90. The normalized spacial score (nSPS) is 9.60. The van der Waals surface area contributed by atoms with Gasteiger partial charge >= 0.3 is 5.97 Å². The Balaban J connectivity index is 4.03. The number of carboxylic acids is 1. The quantitative estimate of drug-likeness (QED) is 0.417. The van der Waals surface area contributed by atoms with Gasteiger partial charge in [-0.2, -0.15) is 0 Å². The average Bonchev–Trinajstić information content (AvgIpc) is 1.82. The van der Waals surface area contributed by atoms with Crippen molar-refractivity contribution in [3.63, 3.8) is 0 Å². The summed E-state index contributed by atoms with van der Waals surface area (Å²) in [6, 6.07) is 0. The van der Waals surface area contributed by atoms with Crippen molar-refractivity contribution in [2.75, 3.05) is 0 Å². The number of amides is 1. The molecule has 0 bridgehead atoms. The van der Waals surface area contributed by atoms with Crippen molar-refractivity contribution in [3.8, 4) is 0 Å². The summed E-state index contributed by atoms with van der Waals surface area (Å²) in [7, 11) is 0. The first kappa shape index (κ1) is 8.42. The van der Waals surface area contributed by atoms with Crippen LogP contribution in [0.1, 0.15) is 0 Å². The Morgan fingerprint density at radius 1 is 1.40 bits per heavy atom. The third kappa shape index (κ3) is 3.43. The molecule has 0 aromatic carbocycles. The molecule has 0 aliphatic rings. The number of rotatable bonds is 3. The Bertz CT molecular complexity index is 205. The molecule has 0 rings (SSSR count). The molecule has 0 saturated carbocycles. The molecule has 0 saturated heterocycles. The molecule has 3 N–H and O–H groups in total. The van der Waals surface area contributed by atoms with Crippen LogP contribution in [0.4, 0.5) is 0 Å². The van der Waals surface area contributed by atoms with Crippen molar-refractivity contribution in [2.45, 2.75) is 0 Å². The number of aliphatic carboxylic acids is 1. The summed E-state index contributed by atoms with van der Waals surface area (Å²) >= 11 is 0. The van der Waals surface area contributed by atoms with Gasteiger partial charge in [-0.25, -0.2) is 4.79 Å². The molecule has 0 aromatic rings. The zero-order valence-electron chi connectivity index (χ0n) is 5.20. The third-order valence-electron chi connectivity index (χ3n) is 0.723. The number of primary amides is 1. The number of carbonyl (C=O) groups excluding carboxylic acids is 1. The van der Waals surface area contributed by atoms with Crippen LogP contribution >= 0.6 is 0 Å². The zero-order valence-corrected chi connectivity index (χ0v) is 5.20. The van der Waals surface area contributed by atoms with Gasteiger partial charge in [-0.05, 0) is 6.08 Å². The summed E-state index contributed by atoms with van der Waals surface area (Å²) in [6.07, 6.45) is 1.99. The lowest BCUT2D eigenvalue weighted by Crippen LogP contribution is -2.06. The predicted octanol–water partition coefficient (Wildman–Crippen LogP) is -0.331. The molecule has 0 unspecified atom stereocenters. The van der Waals surface area contributed by atoms with Crippen molar-refractivity contribution in [2.24, 2.45) is 5.73 Å². The molecule has 0 fully saturated rings. The highest BCUT2D eigenvalue weighted by molar-refractivity contribution is 5.93. The summed E-state index contributed by atoms with van der Waals surface area (Å²) in [5, 5.41) is 8.19. The maximum Gasteiger partial charge on any atom is 0.335 e. The number of carbonyl (C=O) groups is 2. The van der Waals surface area contributed by atoms with Gasteiger partial charge in [0.2, 0.25) is 5.91 Å². The van der Waals surface area contributed by atoms with E-state index >= 15 is 0 Å². The van der Waals surface area contributed by atoms with Crippen molar-refractivity contribution >= 4 is 11.9 Å². The van der Waals surface area contributed by atoms with E-state index in [1.165, 1.54) is 0 Å².